The Labute approximate surface area is 162 Å². The first-order valence-corrected chi connectivity index (χ1v) is 8.91. The van der Waals surface area contributed by atoms with E-state index in [1.807, 2.05) is 0 Å². The smallest absolute Gasteiger partial charge is 0.253 e. The van der Waals surface area contributed by atoms with Gasteiger partial charge in [0.25, 0.3) is 5.91 Å². The summed E-state index contributed by atoms with van der Waals surface area (Å²) in [6.07, 6.45) is 0.134. The number of amides is 3. The van der Waals surface area contributed by atoms with E-state index in [9.17, 15) is 14.4 Å². The normalized spacial score (nSPS) is 16.3. The Bertz CT molecular complexity index is 898. The van der Waals surface area contributed by atoms with Crippen LogP contribution < -0.4 is 10.2 Å². The SMILES string of the molecule is CN(C)C(=O)c1cccc(NC(=O)[C@H]2CC(=O)N(c3cccc(Cl)c3)C2)c1. The number of anilines is 2. The molecule has 6 nitrogen and oxygen atoms in total. The Morgan fingerprint density at radius 1 is 1.15 bits per heavy atom. The van der Waals surface area contributed by atoms with Crippen LogP contribution in [0.4, 0.5) is 11.4 Å². The fourth-order valence-corrected chi connectivity index (χ4v) is 3.19. The van der Waals surface area contributed by atoms with Gasteiger partial charge in [-0.2, -0.15) is 0 Å². The summed E-state index contributed by atoms with van der Waals surface area (Å²) >= 11 is 5.99. The highest BCUT2D eigenvalue weighted by Crippen LogP contribution is 2.28. The van der Waals surface area contributed by atoms with Crippen molar-refractivity contribution in [1.29, 1.82) is 0 Å². The minimum atomic E-state index is -0.468. The van der Waals surface area contributed by atoms with Crippen molar-refractivity contribution in [2.75, 3.05) is 30.9 Å². The van der Waals surface area contributed by atoms with Gasteiger partial charge in [0.1, 0.15) is 0 Å². The second-order valence-electron chi connectivity index (χ2n) is 6.65. The van der Waals surface area contributed by atoms with Crippen LogP contribution in [0.3, 0.4) is 0 Å². The molecule has 1 aliphatic rings. The fourth-order valence-electron chi connectivity index (χ4n) is 3.01. The molecule has 0 spiro atoms. The van der Waals surface area contributed by atoms with Crippen molar-refractivity contribution in [3.63, 3.8) is 0 Å². The number of benzene rings is 2. The molecule has 1 N–H and O–H groups in total. The Morgan fingerprint density at radius 2 is 1.89 bits per heavy atom. The van der Waals surface area contributed by atoms with Gasteiger partial charge in [-0.25, -0.2) is 0 Å². The minimum Gasteiger partial charge on any atom is -0.345 e. The minimum absolute atomic E-state index is 0.117. The van der Waals surface area contributed by atoms with Crippen molar-refractivity contribution < 1.29 is 14.4 Å². The average molecular weight is 386 g/mol. The lowest BCUT2D eigenvalue weighted by Gasteiger charge is -2.17. The van der Waals surface area contributed by atoms with Gasteiger partial charge >= 0.3 is 0 Å². The zero-order valence-corrected chi connectivity index (χ0v) is 15.9. The molecule has 7 heteroatoms. The highest BCUT2D eigenvalue weighted by atomic mass is 35.5. The van der Waals surface area contributed by atoms with Gasteiger partial charge in [-0.15, -0.1) is 0 Å². The van der Waals surface area contributed by atoms with Gasteiger partial charge in [-0.05, 0) is 36.4 Å². The van der Waals surface area contributed by atoms with Gasteiger partial charge < -0.3 is 15.1 Å². The number of nitrogens with zero attached hydrogens (tertiary/aromatic N) is 2. The van der Waals surface area contributed by atoms with Gasteiger partial charge in [0.05, 0.1) is 5.92 Å². The van der Waals surface area contributed by atoms with E-state index < -0.39 is 5.92 Å². The molecule has 140 valence electrons. The van der Waals surface area contributed by atoms with Crippen molar-refractivity contribution in [2.24, 2.45) is 5.92 Å². The number of hydrogen-bond donors (Lipinski definition) is 1. The highest BCUT2D eigenvalue weighted by Gasteiger charge is 2.35. The number of carbonyl (C=O) groups is 3. The molecular formula is C20H20ClN3O3. The number of carbonyl (C=O) groups excluding carboxylic acids is 3. The zero-order valence-electron chi connectivity index (χ0n) is 15.1. The summed E-state index contributed by atoms with van der Waals surface area (Å²) in [5.41, 5.74) is 1.70. The second-order valence-corrected chi connectivity index (χ2v) is 7.09. The van der Waals surface area contributed by atoms with Crippen molar-refractivity contribution in [3.05, 3.63) is 59.1 Å². The molecule has 2 aromatic rings. The topological polar surface area (TPSA) is 69.7 Å². The number of nitrogens with one attached hydrogen (secondary N) is 1. The summed E-state index contributed by atoms with van der Waals surface area (Å²) in [6.45, 7) is 0.293. The maximum absolute atomic E-state index is 12.6. The van der Waals surface area contributed by atoms with Gasteiger partial charge in [0.15, 0.2) is 0 Å². The molecule has 0 saturated carbocycles. The van der Waals surface area contributed by atoms with Gasteiger partial charge in [-0.3, -0.25) is 14.4 Å². The summed E-state index contributed by atoms with van der Waals surface area (Å²) in [5.74, 6) is -0.977. The summed E-state index contributed by atoms with van der Waals surface area (Å²) in [4.78, 5) is 40.0. The molecule has 0 unspecified atom stereocenters. The van der Waals surface area contributed by atoms with Crippen LogP contribution >= 0.6 is 11.6 Å². The van der Waals surface area contributed by atoms with Crippen molar-refractivity contribution >= 4 is 40.7 Å². The van der Waals surface area contributed by atoms with E-state index >= 15 is 0 Å². The van der Waals surface area contributed by atoms with E-state index in [-0.39, 0.29) is 24.1 Å². The third-order valence-corrected chi connectivity index (χ3v) is 4.63. The molecule has 3 rings (SSSR count). The van der Waals surface area contributed by atoms with E-state index in [0.29, 0.717) is 28.5 Å². The molecule has 1 fully saturated rings. The van der Waals surface area contributed by atoms with Crippen LogP contribution in [0.2, 0.25) is 5.02 Å². The van der Waals surface area contributed by atoms with Crippen LogP contribution in [0.25, 0.3) is 0 Å². The maximum atomic E-state index is 12.6. The highest BCUT2D eigenvalue weighted by molar-refractivity contribution is 6.31. The molecule has 1 heterocycles. The quantitative estimate of drug-likeness (QED) is 0.879. The van der Waals surface area contributed by atoms with E-state index in [4.69, 9.17) is 11.6 Å². The average Bonchev–Trinajstić information content (AvgIpc) is 3.03. The van der Waals surface area contributed by atoms with Crippen LogP contribution in [0.15, 0.2) is 48.5 Å². The fraction of sp³-hybridized carbons (Fsp3) is 0.250. The van der Waals surface area contributed by atoms with Crippen molar-refractivity contribution in [1.82, 2.24) is 4.90 Å². The summed E-state index contributed by atoms with van der Waals surface area (Å²) in [7, 11) is 3.34. The molecule has 1 saturated heterocycles. The lowest BCUT2D eigenvalue weighted by atomic mass is 10.1. The molecule has 2 aromatic carbocycles. The lowest BCUT2D eigenvalue weighted by Crippen LogP contribution is -2.28. The Morgan fingerprint density at radius 3 is 2.59 bits per heavy atom. The Balaban J connectivity index is 1.70. The lowest BCUT2D eigenvalue weighted by molar-refractivity contribution is -0.122. The first-order valence-electron chi connectivity index (χ1n) is 8.53. The molecule has 0 aliphatic carbocycles. The third kappa shape index (κ3) is 4.28. The van der Waals surface area contributed by atoms with E-state index in [1.165, 1.54) is 4.90 Å². The van der Waals surface area contributed by atoms with E-state index in [0.717, 1.165) is 0 Å². The Hall–Kier alpha value is -2.86. The van der Waals surface area contributed by atoms with E-state index in [1.54, 1.807) is 67.5 Å². The predicted octanol–water partition coefficient (Wildman–Crippen LogP) is 3.03. The number of hydrogen-bond acceptors (Lipinski definition) is 3. The molecule has 1 aliphatic heterocycles. The predicted molar refractivity (Wildman–Crippen MR) is 105 cm³/mol. The molecule has 0 bridgehead atoms. The standard InChI is InChI=1S/C20H20ClN3O3/c1-23(2)20(27)13-5-3-7-16(9-13)22-19(26)14-10-18(25)24(12-14)17-8-4-6-15(21)11-17/h3-9,11,14H,10,12H2,1-2H3,(H,22,26)/t14-/m0/s1. The number of rotatable bonds is 4. The van der Waals surface area contributed by atoms with Crippen molar-refractivity contribution in [3.8, 4) is 0 Å². The summed E-state index contributed by atoms with van der Waals surface area (Å²) in [5, 5.41) is 3.34. The maximum Gasteiger partial charge on any atom is 0.253 e. The Kier molecular flexibility index (Phi) is 5.46. The van der Waals surface area contributed by atoms with Crippen LogP contribution in [-0.4, -0.2) is 43.3 Å². The zero-order chi connectivity index (χ0) is 19.6. The van der Waals surface area contributed by atoms with Crippen LogP contribution in [0, 0.1) is 5.92 Å². The van der Waals surface area contributed by atoms with Crippen LogP contribution in [-0.2, 0) is 9.59 Å². The van der Waals surface area contributed by atoms with Gasteiger partial charge in [-0.1, -0.05) is 23.7 Å². The molecule has 0 radical (unpaired) electrons. The van der Waals surface area contributed by atoms with E-state index in [2.05, 4.69) is 5.32 Å². The molecule has 27 heavy (non-hydrogen) atoms. The first-order chi connectivity index (χ1) is 12.8. The van der Waals surface area contributed by atoms with Gasteiger partial charge in [0.2, 0.25) is 11.8 Å². The largest absolute Gasteiger partial charge is 0.345 e. The molecule has 3 amide bonds. The van der Waals surface area contributed by atoms with Gasteiger partial charge in [0, 0.05) is 49.0 Å². The van der Waals surface area contributed by atoms with Crippen molar-refractivity contribution in [2.45, 2.75) is 6.42 Å². The number of halogens is 1. The molecule has 1 atom stereocenters. The molecule has 0 aromatic heterocycles. The van der Waals surface area contributed by atoms with Crippen LogP contribution in [0.5, 0.6) is 0 Å². The first kappa shape index (κ1) is 18.9. The summed E-state index contributed by atoms with van der Waals surface area (Å²) < 4.78 is 0. The second kappa shape index (κ2) is 7.80. The molecular weight excluding hydrogens is 366 g/mol. The third-order valence-electron chi connectivity index (χ3n) is 4.40. The van der Waals surface area contributed by atoms with Crippen LogP contribution in [0.1, 0.15) is 16.8 Å². The monoisotopic (exact) mass is 385 g/mol. The summed E-state index contributed by atoms with van der Waals surface area (Å²) in [6, 6.07) is 13.8.